The van der Waals surface area contributed by atoms with E-state index in [1.807, 2.05) is 11.3 Å². The van der Waals surface area contributed by atoms with Crippen molar-refractivity contribution in [2.75, 3.05) is 13.2 Å². The molecule has 2 bridgehead atoms. The summed E-state index contributed by atoms with van der Waals surface area (Å²) in [6, 6.07) is 4.41. The molecule has 0 aromatic carbocycles. The molecule has 3 atom stereocenters. The first-order valence-electron chi connectivity index (χ1n) is 8.31. The van der Waals surface area contributed by atoms with Crippen molar-refractivity contribution >= 4 is 11.3 Å². The highest BCUT2D eigenvalue weighted by molar-refractivity contribution is 7.11. The Labute approximate surface area is 133 Å². The van der Waals surface area contributed by atoms with Crippen LogP contribution in [0.1, 0.15) is 49.8 Å². The first kappa shape index (κ1) is 15.5. The number of hydrogen-bond acceptors (Lipinski definition) is 3. The normalized spacial score (nSPS) is 33.7. The number of hydrogen-bond donors (Lipinski definition) is 1. The third-order valence-electron chi connectivity index (χ3n) is 6.41. The minimum absolute atomic E-state index is 0.391. The van der Waals surface area contributed by atoms with Gasteiger partial charge in [-0.1, -0.05) is 20.8 Å². The summed E-state index contributed by atoms with van der Waals surface area (Å²) in [5, 5.41) is 3.50. The largest absolute Gasteiger partial charge is 0.376 e. The van der Waals surface area contributed by atoms with Crippen LogP contribution in [0.4, 0.5) is 0 Å². The van der Waals surface area contributed by atoms with Crippen molar-refractivity contribution in [3.63, 3.8) is 0 Å². The van der Waals surface area contributed by atoms with E-state index in [1.54, 1.807) is 0 Å². The predicted molar refractivity (Wildman–Crippen MR) is 89.7 cm³/mol. The van der Waals surface area contributed by atoms with E-state index in [0.29, 0.717) is 16.9 Å². The van der Waals surface area contributed by atoms with E-state index in [2.05, 4.69) is 45.1 Å². The molecule has 0 saturated heterocycles. The monoisotopic (exact) mass is 307 g/mol. The number of nitrogens with one attached hydrogen (secondary N) is 1. The van der Waals surface area contributed by atoms with Gasteiger partial charge in [0.2, 0.25) is 0 Å². The van der Waals surface area contributed by atoms with E-state index in [0.717, 1.165) is 25.6 Å². The van der Waals surface area contributed by atoms with Gasteiger partial charge < -0.3 is 10.1 Å². The Morgan fingerprint density at radius 1 is 1.33 bits per heavy atom. The second-order valence-corrected chi connectivity index (χ2v) is 9.03. The fourth-order valence-electron chi connectivity index (χ4n) is 4.45. The molecule has 2 nitrogen and oxygen atoms in total. The highest BCUT2D eigenvalue weighted by Gasteiger charge is 2.61. The molecule has 0 amide bonds. The van der Waals surface area contributed by atoms with Gasteiger partial charge in [0, 0.05) is 22.8 Å². The van der Waals surface area contributed by atoms with Crippen molar-refractivity contribution in [3.05, 3.63) is 21.9 Å². The molecule has 3 unspecified atom stereocenters. The van der Waals surface area contributed by atoms with Crippen LogP contribution in [-0.2, 0) is 11.3 Å². The van der Waals surface area contributed by atoms with Gasteiger partial charge in [0.25, 0.3) is 0 Å². The van der Waals surface area contributed by atoms with Crippen molar-refractivity contribution in [2.24, 2.45) is 16.7 Å². The van der Waals surface area contributed by atoms with Gasteiger partial charge in [0.15, 0.2) is 0 Å². The lowest BCUT2D eigenvalue weighted by atomic mass is 9.70. The van der Waals surface area contributed by atoms with Crippen molar-refractivity contribution in [3.8, 4) is 0 Å². The SMILES string of the molecule is Cc1ccc(CNCCOC2CC3CCC2(C)C3(C)C)s1. The molecule has 2 fully saturated rings. The maximum atomic E-state index is 6.26. The summed E-state index contributed by atoms with van der Waals surface area (Å²) in [5.41, 5.74) is 0.849. The van der Waals surface area contributed by atoms with Gasteiger partial charge in [-0.15, -0.1) is 11.3 Å². The van der Waals surface area contributed by atoms with Crippen LogP contribution in [0.25, 0.3) is 0 Å². The molecule has 3 heteroatoms. The summed E-state index contributed by atoms with van der Waals surface area (Å²) in [6.45, 7) is 12.3. The highest BCUT2D eigenvalue weighted by Crippen LogP contribution is 2.66. The van der Waals surface area contributed by atoms with Gasteiger partial charge in [-0.25, -0.2) is 0 Å². The van der Waals surface area contributed by atoms with Gasteiger partial charge in [-0.3, -0.25) is 0 Å². The van der Waals surface area contributed by atoms with E-state index >= 15 is 0 Å². The third-order valence-corrected chi connectivity index (χ3v) is 7.41. The quantitative estimate of drug-likeness (QED) is 0.788. The minimum atomic E-state index is 0.391. The van der Waals surface area contributed by atoms with Crippen LogP contribution in [0.3, 0.4) is 0 Å². The summed E-state index contributed by atoms with van der Waals surface area (Å²) < 4.78 is 6.26. The van der Waals surface area contributed by atoms with Gasteiger partial charge in [-0.05, 0) is 55.1 Å². The summed E-state index contributed by atoms with van der Waals surface area (Å²) >= 11 is 1.88. The van der Waals surface area contributed by atoms with Crippen LogP contribution >= 0.6 is 11.3 Å². The second-order valence-electron chi connectivity index (χ2n) is 7.66. The lowest BCUT2D eigenvalue weighted by molar-refractivity contribution is -0.0450. The first-order valence-corrected chi connectivity index (χ1v) is 9.13. The lowest BCUT2D eigenvalue weighted by Crippen LogP contribution is -2.38. The number of aryl methyl sites for hydroxylation is 1. The molecule has 2 aliphatic rings. The van der Waals surface area contributed by atoms with Gasteiger partial charge in [0.05, 0.1) is 12.7 Å². The van der Waals surface area contributed by atoms with E-state index < -0.39 is 0 Å². The van der Waals surface area contributed by atoms with Crippen molar-refractivity contribution < 1.29 is 4.74 Å². The number of thiophene rings is 1. The molecule has 1 aromatic heterocycles. The average molecular weight is 308 g/mol. The third kappa shape index (κ3) is 2.69. The second kappa shape index (κ2) is 5.68. The summed E-state index contributed by atoms with van der Waals surface area (Å²) in [5.74, 6) is 0.870. The Kier molecular flexibility index (Phi) is 4.19. The molecule has 1 heterocycles. The molecule has 0 aliphatic heterocycles. The van der Waals surface area contributed by atoms with Crippen LogP contribution in [0.5, 0.6) is 0 Å². The van der Waals surface area contributed by atoms with Gasteiger partial charge in [0.1, 0.15) is 0 Å². The van der Waals surface area contributed by atoms with Crippen molar-refractivity contribution in [1.29, 1.82) is 0 Å². The fourth-order valence-corrected chi connectivity index (χ4v) is 5.31. The standard InChI is InChI=1S/C18H29NOS/c1-13-5-6-15(21-13)12-19-9-10-20-16-11-14-7-8-18(16,4)17(14,2)3/h5-6,14,16,19H,7-12H2,1-4H3. The molecular weight excluding hydrogens is 278 g/mol. The smallest absolute Gasteiger partial charge is 0.0637 e. The van der Waals surface area contributed by atoms with Crippen LogP contribution in [0.2, 0.25) is 0 Å². The average Bonchev–Trinajstić information content (AvgIpc) is 2.99. The minimum Gasteiger partial charge on any atom is -0.376 e. The Morgan fingerprint density at radius 3 is 2.71 bits per heavy atom. The molecule has 118 valence electrons. The van der Waals surface area contributed by atoms with Crippen LogP contribution in [0, 0.1) is 23.7 Å². The van der Waals surface area contributed by atoms with E-state index in [4.69, 9.17) is 4.74 Å². The van der Waals surface area contributed by atoms with Gasteiger partial charge in [-0.2, -0.15) is 0 Å². The van der Waals surface area contributed by atoms with Gasteiger partial charge >= 0.3 is 0 Å². The van der Waals surface area contributed by atoms with E-state index in [9.17, 15) is 0 Å². The molecule has 1 aromatic rings. The van der Waals surface area contributed by atoms with Crippen molar-refractivity contribution in [2.45, 2.75) is 59.6 Å². The van der Waals surface area contributed by atoms with E-state index in [1.165, 1.54) is 29.0 Å². The van der Waals surface area contributed by atoms with Crippen LogP contribution in [0.15, 0.2) is 12.1 Å². The molecular formula is C18H29NOS. The Hall–Kier alpha value is -0.380. The molecule has 3 rings (SSSR count). The van der Waals surface area contributed by atoms with E-state index in [-0.39, 0.29) is 0 Å². The Bertz CT molecular complexity index is 495. The highest BCUT2D eigenvalue weighted by atomic mass is 32.1. The molecule has 2 saturated carbocycles. The first-order chi connectivity index (χ1) is 9.93. The molecule has 0 radical (unpaired) electrons. The maximum absolute atomic E-state index is 6.26. The fraction of sp³-hybridized carbons (Fsp3) is 0.778. The Morgan fingerprint density at radius 2 is 2.14 bits per heavy atom. The number of fused-ring (bicyclic) bond motifs is 2. The molecule has 1 N–H and O–H groups in total. The lowest BCUT2D eigenvalue weighted by Gasteiger charge is -2.38. The molecule has 0 spiro atoms. The Balaban J connectivity index is 1.41. The van der Waals surface area contributed by atoms with Crippen LogP contribution < -0.4 is 5.32 Å². The van der Waals surface area contributed by atoms with Crippen LogP contribution in [-0.4, -0.2) is 19.3 Å². The summed E-state index contributed by atoms with van der Waals surface area (Å²) in [6.07, 6.45) is 4.49. The molecule has 2 aliphatic carbocycles. The topological polar surface area (TPSA) is 21.3 Å². The summed E-state index contributed by atoms with van der Waals surface area (Å²) in [4.78, 5) is 2.81. The number of ether oxygens (including phenoxy) is 1. The maximum Gasteiger partial charge on any atom is 0.0637 e. The zero-order valence-electron chi connectivity index (χ0n) is 13.9. The zero-order chi connectivity index (χ0) is 15.1. The summed E-state index contributed by atoms with van der Waals surface area (Å²) in [7, 11) is 0. The number of rotatable bonds is 6. The molecule has 21 heavy (non-hydrogen) atoms. The predicted octanol–water partition coefficient (Wildman–Crippen LogP) is 4.38. The van der Waals surface area contributed by atoms with Crippen molar-refractivity contribution in [1.82, 2.24) is 5.32 Å². The zero-order valence-corrected chi connectivity index (χ0v) is 14.7.